The summed E-state index contributed by atoms with van der Waals surface area (Å²) in [6.45, 7) is 0.907. The van der Waals surface area contributed by atoms with Crippen molar-refractivity contribution in [1.82, 2.24) is 10.2 Å². The van der Waals surface area contributed by atoms with Crippen molar-refractivity contribution in [2.75, 3.05) is 33.4 Å². The second-order valence-electron chi connectivity index (χ2n) is 4.31. The van der Waals surface area contributed by atoms with Gasteiger partial charge in [-0.15, -0.1) is 11.8 Å². The van der Waals surface area contributed by atoms with Gasteiger partial charge in [0.05, 0.1) is 6.54 Å². The van der Waals surface area contributed by atoms with E-state index < -0.39 is 0 Å². The minimum Gasteiger partial charge on any atom is -0.359 e. The third kappa shape index (κ3) is 5.44. The van der Waals surface area contributed by atoms with E-state index in [1.807, 2.05) is 42.5 Å². The Bertz CT molecular complexity index is 432. The van der Waals surface area contributed by atoms with Crippen LogP contribution in [0.15, 0.2) is 29.2 Å². The summed E-state index contributed by atoms with van der Waals surface area (Å²) in [4.78, 5) is 26.1. The molecule has 1 N–H and O–H groups in total. The van der Waals surface area contributed by atoms with E-state index in [1.54, 1.807) is 18.8 Å². The third-order valence-corrected chi connectivity index (χ3v) is 3.57. The second-order valence-corrected chi connectivity index (χ2v) is 5.19. The summed E-state index contributed by atoms with van der Waals surface area (Å²) < 4.78 is 0. The summed E-state index contributed by atoms with van der Waals surface area (Å²) in [5.74, 6) is 0.0654. The molecule has 0 aliphatic heterocycles. The molecule has 1 amide bonds. The Hall–Kier alpha value is -1.33. The van der Waals surface area contributed by atoms with Gasteiger partial charge in [-0.05, 0) is 25.4 Å². The van der Waals surface area contributed by atoms with E-state index in [2.05, 4.69) is 5.32 Å². The highest BCUT2D eigenvalue weighted by Gasteiger charge is 2.10. The summed E-state index contributed by atoms with van der Waals surface area (Å²) in [5.41, 5.74) is 0.713. The van der Waals surface area contributed by atoms with E-state index in [9.17, 15) is 9.59 Å². The first-order chi connectivity index (χ1) is 9.06. The predicted molar refractivity (Wildman–Crippen MR) is 78.7 cm³/mol. The van der Waals surface area contributed by atoms with Crippen molar-refractivity contribution in [2.45, 2.75) is 11.3 Å². The normalized spacial score (nSPS) is 10.5. The van der Waals surface area contributed by atoms with E-state index in [0.717, 1.165) is 4.90 Å². The van der Waals surface area contributed by atoms with Gasteiger partial charge in [0.25, 0.3) is 0 Å². The minimum atomic E-state index is -0.0105. The molecule has 0 aliphatic carbocycles. The summed E-state index contributed by atoms with van der Waals surface area (Å²) >= 11 is 1.65. The van der Waals surface area contributed by atoms with Crippen LogP contribution in [0.1, 0.15) is 16.8 Å². The Balaban J connectivity index is 2.46. The number of hydrogen-bond donors (Lipinski definition) is 1. The monoisotopic (exact) mass is 280 g/mol. The lowest BCUT2D eigenvalue weighted by atomic mass is 10.1. The molecule has 0 saturated carbocycles. The molecular weight excluding hydrogens is 260 g/mol. The second kappa shape index (κ2) is 7.96. The van der Waals surface area contributed by atoms with Crippen LogP contribution in [0.25, 0.3) is 0 Å². The molecule has 0 fully saturated rings. The van der Waals surface area contributed by atoms with Crippen LogP contribution in [0.5, 0.6) is 0 Å². The quantitative estimate of drug-likeness (QED) is 0.609. The lowest BCUT2D eigenvalue weighted by molar-refractivity contribution is -0.120. The van der Waals surface area contributed by atoms with Crippen molar-refractivity contribution in [2.24, 2.45) is 0 Å². The van der Waals surface area contributed by atoms with Crippen LogP contribution in [0, 0.1) is 0 Å². The van der Waals surface area contributed by atoms with Gasteiger partial charge in [-0.2, -0.15) is 0 Å². The lowest BCUT2D eigenvalue weighted by Crippen LogP contribution is -2.30. The maximum Gasteiger partial charge on any atom is 0.221 e. The summed E-state index contributed by atoms with van der Waals surface area (Å²) in [6.07, 6.45) is 2.41. The number of carbonyl (C=O) groups is 2. The van der Waals surface area contributed by atoms with Gasteiger partial charge in [0.1, 0.15) is 0 Å². The van der Waals surface area contributed by atoms with Gasteiger partial charge >= 0.3 is 0 Å². The molecule has 0 unspecified atom stereocenters. The zero-order valence-corrected chi connectivity index (χ0v) is 12.4. The molecule has 19 heavy (non-hydrogen) atoms. The van der Waals surface area contributed by atoms with Crippen LogP contribution in [0.2, 0.25) is 0 Å². The molecule has 0 radical (unpaired) electrons. The van der Waals surface area contributed by atoms with Crippen LogP contribution in [-0.2, 0) is 4.79 Å². The molecule has 5 heteroatoms. The van der Waals surface area contributed by atoms with Crippen LogP contribution < -0.4 is 5.32 Å². The minimum absolute atomic E-state index is 0.0105. The van der Waals surface area contributed by atoms with Crippen LogP contribution in [-0.4, -0.2) is 50.0 Å². The van der Waals surface area contributed by atoms with Crippen LogP contribution in [0.4, 0.5) is 0 Å². The number of nitrogens with zero attached hydrogens (tertiary/aromatic N) is 1. The van der Waals surface area contributed by atoms with Crippen molar-refractivity contribution < 1.29 is 9.59 Å². The van der Waals surface area contributed by atoms with E-state index in [4.69, 9.17) is 0 Å². The SMILES string of the molecule is CNC(=O)CCN(C)CC(=O)c1ccc(SC)cc1. The number of thioether (sulfide) groups is 1. The highest BCUT2D eigenvalue weighted by molar-refractivity contribution is 7.98. The first-order valence-electron chi connectivity index (χ1n) is 6.13. The molecule has 0 heterocycles. The molecule has 1 aromatic rings. The van der Waals surface area contributed by atoms with Crippen LogP contribution in [0.3, 0.4) is 0 Å². The third-order valence-electron chi connectivity index (χ3n) is 2.82. The Morgan fingerprint density at radius 1 is 1.26 bits per heavy atom. The topological polar surface area (TPSA) is 49.4 Å². The van der Waals surface area contributed by atoms with Crippen molar-refractivity contribution >= 4 is 23.5 Å². The van der Waals surface area contributed by atoms with E-state index in [1.165, 1.54) is 0 Å². The fourth-order valence-electron chi connectivity index (χ4n) is 1.61. The summed E-state index contributed by atoms with van der Waals surface area (Å²) in [7, 11) is 3.46. The number of benzene rings is 1. The lowest BCUT2D eigenvalue weighted by Gasteiger charge is -2.15. The predicted octanol–water partition coefficient (Wildman–Crippen LogP) is 1.66. The fourth-order valence-corrected chi connectivity index (χ4v) is 2.02. The number of carbonyl (C=O) groups excluding carboxylic acids is 2. The van der Waals surface area contributed by atoms with Gasteiger partial charge in [-0.3, -0.25) is 14.5 Å². The molecule has 0 aromatic heterocycles. The first-order valence-corrected chi connectivity index (χ1v) is 7.35. The average molecular weight is 280 g/mol. The maximum absolute atomic E-state index is 12.0. The van der Waals surface area contributed by atoms with Gasteiger partial charge in [-0.1, -0.05) is 12.1 Å². The number of Topliss-reactive ketones (excluding diaryl/α,β-unsaturated/α-hetero) is 1. The Labute approximate surface area is 118 Å². The number of hydrogen-bond acceptors (Lipinski definition) is 4. The van der Waals surface area contributed by atoms with E-state index in [0.29, 0.717) is 25.1 Å². The van der Waals surface area contributed by atoms with Gasteiger partial charge in [0, 0.05) is 30.5 Å². The molecule has 1 rings (SSSR count). The van der Waals surface area contributed by atoms with E-state index in [-0.39, 0.29) is 11.7 Å². The standard InChI is InChI=1S/C14H20N2O2S/c1-15-14(18)8-9-16(2)10-13(17)11-4-6-12(19-3)7-5-11/h4-7H,8-10H2,1-3H3,(H,15,18). The fraction of sp³-hybridized carbons (Fsp3) is 0.429. The molecule has 0 bridgehead atoms. The number of amides is 1. The molecular formula is C14H20N2O2S. The Morgan fingerprint density at radius 2 is 1.89 bits per heavy atom. The largest absolute Gasteiger partial charge is 0.359 e. The van der Waals surface area contributed by atoms with E-state index >= 15 is 0 Å². The Kier molecular flexibility index (Phi) is 6.59. The van der Waals surface area contributed by atoms with Crippen molar-refractivity contribution in [3.05, 3.63) is 29.8 Å². The van der Waals surface area contributed by atoms with Gasteiger partial charge in [0.2, 0.25) is 5.91 Å². The highest BCUT2D eigenvalue weighted by atomic mass is 32.2. The van der Waals surface area contributed by atoms with Crippen molar-refractivity contribution in [3.8, 4) is 0 Å². The molecule has 0 atom stereocenters. The number of likely N-dealkylation sites (N-methyl/N-ethyl adjacent to an activating group) is 1. The smallest absolute Gasteiger partial charge is 0.221 e. The summed E-state index contributed by atoms with van der Waals surface area (Å²) in [5, 5.41) is 2.57. The molecule has 4 nitrogen and oxygen atoms in total. The maximum atomic E-state index is 12.0. The molecule has 0 aliphatic rings. The van der Waals surface area contributed by atoms with Crippen molar-refractivity contribution in [1.29, 1.82) is 0 Å². The van der Waals surface area contributed by atoms with Crippen molar-refractivity contribution in [3.63, 3.8) is 0 Å². The molecule has 104 valence electrons. The number of rotatable bonds is 7. The number of ketones is 1. The average Bonchev–Trinajstić information content (AvgIpc) is 2.44. The molecule has 0 spiro atoms. The molecule has 0 saturated heterocycles. The zero-order chi connectivity index (χ0) is 14.3. The van der Waals surface area contributed by atoms with Gasteiger partial charge in [0.15, 0.2) is 5.78 Å². The van der Waals surface area contributed by atoms with Gasteiger partial charge < -0.3 is 5.32 Å². The van der Waals surface area contributed by atoms with Crippen LogP contribution >= 0.6 is 11.8 Å². The first kappa shape index (κ1) is 15.7. The summed E-state index contributed by atoms with van der Waals surface area (Å²) in [6, 6.07) is 7.59. The molecule has 1 aromatic carbocycles. The Morgan fingerprint density at radius 3 is 2.42 bits per heavy atom. The number of nitrogens with one attached hydrogen (secondary N) is 1. The highest BCUT2D eigenvalue weighted by Crippen LogP contribution is 2.15. The van der Waals surface area contributed by atoms with Gasteiger partial charge in [-0.25, -0.2) is 0 Å². The zero-order valence-electron chi connectivity index (χ0n) is 11.6.